The highest BCUT2D eigenvalue weighted by atomic mass is 32.1. The van der Waals surface area contributed by atoms with Crippen LogP contribution in [0.5, 0.6) is 0 Å². The van der Waals surface area contributed by atoms with Crippen LogP contribution in [0, 0.1) is 5.92 Å². The molecular formula is C21H25N3O4S. The molecule has 0 N–H and O–H groups in total. The Balaban J connectivity index is 1.53. The molecule has 0 spiro atoms. The molecule has 0 aliphatic carbocycles. The minimum Gasteiger partial charge on any atom is -0.466 e. The molecule has 154 valence electrons. The van der Waals surface area contributed by atoms with Crippen LogP contribution in [-0.2, 0) is 14.3 Å². The van der Waals surface area contributed by atoms with Gasteiger partial charge < -0.3 is 14.5 Å². The molecule has 3 rings (SSSR count). The van der Waals surface area contributed by atoms with Crippen molar-refractivity contribution < 1.29 is 19.1 Å². The molecule has 0 unspecified atom stereocenters. The Morgan fingerprint density at radius 3 is 2.55 bits per heavy atom. The fraction of sp³-hybridized carbons (Fsp3) is 0.429. The number of carbonyl (C=O) groups excluding carboxylic acids is 3. The van der Waals surface area contributed by atoms with Gasteiger partial charge in [-0.1, -0.05) is 30.3 Å². The van der Waals surface area contributed by atoms with E-state index in [0.717, 1.165) is 10.6 Å². The van der Waals surface area contributed by atoms with E-state index in [-0.39, 0.29) is 30.2 Å². The first-order valence-electron chi connectivity index (χ1n) is 9.70. The standard InChI is InChI=1S/C21H25N3O4S/c1-3-28-21(27)16-9-11-24(12-10-16)18(25)13-23(2)20(26)17-14-29-19(22-17)15-7-5-4-6-8-15/h4-8,14,16H,3,9-13H2,1-2H3. The van der Waals surface area contributed by atoms with Gasteiger partial charge in [0.1, 0.15) is 10.7 Å². The number of amides is 2. The van der Waals surface area contributed by atoms with E-state index in [1.165, 1.54) is 16.2 Å². The molecule has 1 aliphatic rings. The average Bonchev–Trinajstić information content (AvgIpc) is 3.24. The monoisotopic (exact) mass is 415 g/mol. The molecule has 1 aromatic heterocycles. The van der Waals surface area contributed by atoms with Crippen molar-refractivity contribution in [3.05, 3.63) is 41.4 Å². The molecule has 7 nitrogen and oxygen atoms in total. The van der Waals surface area contributed by atoms with Gasteiger partial charge in [-0.15, -0.1) is 11.3 Å². The largest absolute Gasteiger partial charge is 0.466 e. The number of thiazole rings is 1. The lowest BCUT2D eigenvalue weighted by Crippen LogP contribution is -2.45. The number of likely N-dealkylation sites (N-methyl/N-ethyl adjacent to an activating group) is 1. The zero-order valence-electron chi connectivity index (χ0n) is 16.7. The van der Waals surface area contributed by atoms with Crippen LogP contribution in [0.25, 0.3) is 10.6 Å². The minimum atomic E-state index is -0.279. The number of benzene rings is 1. The zero-order valence-corrected chi connectivity index (χ0v) is 17.5. The summed E-state index contributed by atoms with van der Waals surface area (Å²) in [4.78, 5) is 44.6. The van der Waals surface area contributed by atoms with E-state index in [0.29, 0.717) is 38.2 Å². The van der Waals surface area contributed by atoms with Crippen LogP contribution in [0.15, 0.2) is 35.7 Å². The summed E-state index contributed by atoms with van der Waals surface area (Å²) < 4.78 is 5.05. The second-order valence-electron chi connectivity index (χ2n) is 6.97. The maximum Gasteiger partial charge on any atom is 0.309 e. The summed E-state index contributed by atoms with van der Waals surface area (Å²) in [6, 6.07) is 9.67. The number of hydrogen-bond acceptors (Lipinski definition) is 6. The van der Waals surface area contributed by atoms with Gasteiger partial charge in [-0.05, 0) is 19.8 Å². The Labute approximate surface area is 174 Å². The van der Waals surface area contributed by atoms with Gasteiger partial charge in [-0.25, -0.2) is 4.98 Å². The lowest BCUT2D eigenvalue weighted by Gasteiger charge is -2.32. The zero-order chi connectivity index (χ0) is 20.8. The smallest absolute Gasteiger partial charge is 0.309 e. The quantitative estimate of drug-likeness (QED) is 0.678. The molecule has 1 fully saturated rings. The summed E-state index contributed by atoms with van der Waals surface area (Å²) in [6.07, 6.45) is 1.18. The van der Waals surface area contributed by atoms with Crippen LogP contribution in [-0.4, -0.2) is 65.9 Å². The molecule has 0 saturated carbocycles. The number of carbonyl (C=O) groups is 3. The van der Waals surface area contributed by atoms with Gasteiger partial charge in [0.25, 0.3) is 5.91 Å². The first-order chi connectivity index (χ1) is 14.0. The van der Waals surface area contributed by atoms with E-state index in [1.54, 1.807) is 24.3 Å². The van der Waals surface area contributed by atoms with Crippen LogP contribution >= 0.6 is 11.3 Å². The van der Waals surface area contributed by atoms with Crippen molar-refractivity contribution >= 4 is 29.1 Å². The van der Waals surface area contributed by atoms with Crippen LogP contribution in [0.3, 0.4) is 0 Å². The highest BCUT2D eigenvalue weighted by molar-refractivity contribution is 7.13. The maximum atomic E-state index is 12.7. The molecule has 1 saturated heterocycles. The average molecular weight is 416 g/mol. The van der Waals surface area contributed by atoms with Crippen molar-refractivity contribution in [2.24, 2.45) is 5.92 Å². The Morgan fingerprint density at radius 1 is 1.21 bits per heavy atom. The Kier molecular flexibility index (Phi) is 6.98. The van der Waals surface area contributed by atoms with E-state index in [2.05, 4.69) is 4.98 Å². The molecular weight excluding hydrogens is 390 g/mol. The van der Waals surface area contributed by atoms with Crippen molar-refractivity contribution in [1.82, 2.24) is 14.8 Å². The van der Waals surface area contributed by atoms with Crippen LogP contribution < -0.4 is 0 Å². The second-order valence-corrected chi connectivity index (χ2v) is 7.83. The summed E-state index contributed by atoms with van der Waals surface area (Å²) in [7, 11) is 1.60. The first kappa shape index (κ1) is 21.0. The topological polar surface area (TPSA) is 79.8 Å². The highest BCUT2D eigenvalue weighted by Gasteiger charge is 2.29. The maximum absolute atomic E-state index is 12.7. The third-order valence-electron chi connectivity index (χ3n) is 4.93. The third kappa shape index (κ3) is 5.20. The number of piperidine rings is 1. The fourth-order valence-corrected chi connectivity index (χ4v) is 4.08. The molecule has 0 bridgehead atoms. The van der Waals surface area contributed by atoms with Gasteiger partial charge in [0.2, 0.25) is 5.91 Å². The summed E-state index contributed by atoms with van der Waals surface area (Å²) >= 11 is 1.40. The minimum absolute atomic E-state index is 0.0128. The van der Waals surface area contributed by atoms with E-state index in [9.17, 15) is 14.4 Å². The molecule has 2 amide bonds. The number of ether oxygens (including phenoxy) is 1. The van der Waals surface area contributed by atoms with Gasteiger partial charge in [-0.2, -0.15) is 0 Å². The predicted octanol–water partition coefficient (Wildman–Crippen LogP) is 2.68. The number of nitrogens with zero attached hydrogens (tertiary/aromatic N) is 3. The highest BCUT2D eigenvalue weighted by Crippen LogP contribution is 2.24. The van der Waals surface area contributed by atoms with Crippen molar-refractivity contribution in [3.63, 3.8) is 0 Å². The number of aromatic nitrogens is 1. The molecule has 1 aliphatic heterocycles. The summed E-state index contributed by atoms with van der Waals surface area (Å²) in [6.45, 7) is 3.14. The predicted molar refractivity (Wildman–Crippen MR) is 110 cm³/mol. The third-order valence-corrected chi connectivity index (χ3v) is 5.82. The van der Waals surface area contributed by atoms with Gasteiger partial charge in [-0.3, -0.25) is 14.4 Å². The number of hydrogen-bond donors (Lipinski definition) is 0. The lowest BCUT2D eigenvalue weighted by atomic mass is 9.97. The van der Waals surface area contributed by atoms with Crippen LogP contribution in [0.2, 0.25) is 0 Å². The molecule has 0 radical (unpaired) electrons. The van der Waals surface area contributed by atoms with Crippen molar-refractivity contribution in [2.45, 2.75) is 19.8 Å². The van der Waals surface area contributed by atoms with E-state index in [4.69, 9.17) is 4.74 Å². The Hall–Kier alpha value is -2.74. The van der Waals surface area contributed by atoms with Crippen molar-refractivity contribution in [2.75, 3.05) is 33.3 Å². The number of likely N-dealkylation sites (tertiary alicyclic amines) is 1. The van der Waals surface area contributed by atoms with E-state index >= 15 is 0 Å². The van der Waals surface area contributed by atoms with Crippen molar-refractivity contribution in [1.29, 1.82) is 0 Å². The van der Waals surface area contributed by atoms with Crippen LogP contribution in [0.4, 0.5) is 0 Å². The Morgan fingerprint density at radius 2 is 1.90 bits per heavy atom. The SMILES string of the molecule is CCOC(=O)C1CCN(C(=O)CN(C)C(=O)c2csc(-c3ccccc3)n2)CC1. The summed E-state index contributed by atoms with van der Waals surface area (Å²) in [5.74, 6) is -0.741. The lowest BCUT2D eigenvalue weighted by molar-refractivity contribution is -0.151. The fourth-order valence-electron chi connectivity index (χ4n) is 3.28. The van der Waals surface area contributed by atoms with Gasteiger partial charge in [0.15, 0.2) is 0 Å². The van der Waals surface area contributed by atoms with E-state index in [1.807, 2.05) is 30.3 Å². The molecule has 29 heavy (non-hydrogen) atoms. The molecule has 0 atom stereocenters. The molecule has 2 heterocycles. The first-order valence-corrected chi connectivity index (χ1v) is 10.6. The summed E-state index contributed by atoms with van der Waals surface area (Å²) in [5, 5.41) is 2.49. The van der Waals surface area contributed by atoms with Gasteiger partial charge in [0.05, 0.1) is 19.1 Å². The normalized spacial score (nSPS) is 14.5. The van der Waals surface area contributed by atoms with Gasteiger partial charge >= 0.3 is 5.97 Å². The van der Waals surface area contributed by atoms with E-state index < -0.39 is 0 Å². The number of rotatable bonds is 6. The Bertz CT molecular complexity index is 860. The summed E-state index contributed by atoms with van der Waals surface area (Å²) in [5.41, 5.74) is 1.30. The molecule has 8 heteroatoms. The van der Waals surface area contributed by atoms with Gasteiger partial charge in [0, 0.05) is 31.1 Å². The number of esters is 1. The van der Waals surface area contributed by atoms with Crippen molar-refractivity contribution in [3.8, 4) is 10.6 Å². The molecule has 2 aromatic rings. The van der Waals surface area contributed by atoms with Crippen LogP contribution in [0.1, 0.15) is 30.3 Å². The second kappa shape index (κ2) is 9.65. The molecule has 1 aromatic carbocycles.